The monoisotopic (exact) mass is 397 g/mol. The third kappa shape index (κ3) is 3.74. The zero-order valence-corrected chi connectivity index (χ0v) is 15.3. The highest BCUT2D eigenvalue weighted by Crippen LogP contribution is 2.25. The van der Waals surface area contributed by atoms with Crippen LogP contribution in [0.4, 0.5) is 8.78 Å². The largest absolute Gasteiger partial charge is 0.492 e. The van der Waals surface area contributed by atoms with Crippen LogP contribution in [0.1, 0.15) is 5.56 Å². The number of aliphatic hydroxyl groups is 1. The molecule has 6 nitrogen and oxygen atoms in total. The molecular weight excluding hydrogens is 380 g/mol. The number of halogens is 2. The zero-order valence-electron chi connectivity index (χ0n) is 15.3. The molecule has 0 amide bonds. The fourth-order valence-electron chi connectivity index (χ4n) is 3.14. The third-order valence-corrected chi connectivity index (χ3v) is 4.53. The van der Waals surface area contributed by atoms with Crippen LogP contribution < -0.4 is 10.3 Å². The van der Waals surface area contributed by atoms with E-state index in [1.807, 2.05) is 0 Å². The van der Waals surface area contributed by atoms with E-state index in [0.717, 1.165) is 0 Å². The first-order valence-corrected chi connectivity index (χ1v) is 8.92. The van der Waals surface area contributed by atoms with Crippen molar-refractivity contribution < 1.29 is 18.6 Å². The van der Waals surface area contributed by atoms with Crippen molar-refractivity contribution in [3.8, 4) is 17.0 Å². The van der Waals surface area contributed by atoms with Gasteiger partial charge in [0.25, 0.3) is 5.56 Å². The van der Waals surface area contributed by atoms with Gasteiger partial charge in [-0.2, -0.15) is 5.10 Å². The number of hydrogen-bond donors (Lipinski definition) is 1. The maximum Gasteiger partial charge on any atom is 0.277 e. The molecule has 0 saturated heterocycles. The molecule has 0 aliphatic rings. The fourth-order valence-corrected chi connectivity index (χ4v) is 3.14. The Morgan fingerprint density at radius 2 is 1.83 bits per heavy atom. The highest BCUT2D eigenvalue weighted by atomic mass is 19.1. The van der Waals surface area contributed by atoms with Gasteiger partial charge in [0.15, 0.2) is 0 Å². The van der Waals surface area contributed by atoms with Crippen LogP contribution in [0.2, 0.25) is 0 Å². The molecule has 4 rings (SSSR count). The Bertz CT molecular complexity index is 1220. The molecule has 0 unspecified atom stereocenters. The second-order valence-corrected chi connectivity index (χ2v) is 6.39. The molecule has 0 aliphatic carbocycles. The number of fused-ring (bicyclic) bond motifs is 1. The van der Waals surface area contributed by atoms with Crippen LogP contribution in [0, 0.1) is 11.6 Å². The minimum atomic E-state index is -0.432. The Balaban J connectivity index is 1.64. The van der Waals surface area contributed by atoms with E-state index < -0.39 is 12.4 Å². The van der Waals surface area contributed by atoms with Crippen LogP contribution in [0.15, 0.2) is 65.7 Å². The number of rotatable bonds is 6. The van der Waals surface area contributed by atoms with Gasteiger partial charge in [-0.1, -0.05) is 12.1 Å². The summed E-state index contributed by atoms with van der Waals surface area (Å²) in [5, 5.41) is 14.2. The number of benzene rings is 2. The summed E-state index contributed by atoms with van der Waals surface area (Å²) < 4.78 is 34.9. The van der Waals surface area contributed by atoms with Gasteiger partial charge in [0.1, 0.15) is 29.5 Å². The molecule has 0 atom stereocenters. The van der Waals surface area contributed by atoms with Crippen LogP contribution in [0.3, 0.4) is 0 Å². The summed E-state index contributed by atoms with van der Waals surface area (Å²) >= 11 is 0. The molecule has 2 aromatic carbocycles. The van der Waals surface area contributed by atoms with Gasteiger partial charge in [-0.3, -0.25) is 4.79 Å². The van der Waals surface area contributed by atoms with Crippen molar-refractivity contribution in [3.05, 3.63) is 88.5 Å². The van der Waals surface area contributed by atoms with Gasteiger partial charge in [0.2, 0.25) is 0 Å². The van der Waals surface area contributed by atoms with Crippen molar-refractivity contribution in [2.45, 2.75) is 13.2 Å². The van der Waals surface area contributed by atoms with Gasteiger partial charge in [0.05, 0.1) is 18.8 Å². The molecule has 29 heavy (non-hydrogen) atoms. The summed E-state index contributed by atoms with van der Waals surface area (Å²) in [6.07, 6.45) is 3.16. The summed E-state index contributed by atoms with van der Waals surface area (Å²) in [6, 6.07) is 11.4. The minimum Gasteiger partial charge on any atom is -0.492 e. The number of aliphatic hydroxyl groups excluding tert-OH is 1. The molecule has 0 radical (unpaired) electrons. The van der Waals surface area contributed by atoms with E-state index in [-0.39, 0.29) is 30.0 Å². The molecule has 2 heterocycles. The van der Waals surface area contributed by atoms with Crippen LogP contribution >= 0.6 is 0 Å². The van der Waals surface area contributed by atoms with E-state index in [0.29, 0.717) is 22.6 Å². The molecule has 0 spiro atoms. The van der Waals surface area contributed by atoms with Gasteiger partial charge >= 0.3 is 0 Å². The number of aromatic nitrogens is 3. The lowest BCUT2D eigenvalue weighted by Crippen LogP contribution is -2.24. The lowest BCUT2D eigenvalue weighted by Gasteiger charge is -2.09. The van der Waals surface area contributed by atoms with E-state index in [1.165, 1.54) is 45.5 Å². The first kappa shape index (κ1) is 18.8. The van der Waals surface area contributed by atoms with Crippen LogP contribution in [0.5, 0.6) is 5.75 Å². The summed E-state index contributed by atoms with van der Waals surface area (Å²) in [6.45, 7) is 0.0276. The molecule has 4 aromatic rings. The Labute approximate surface area is 164 Å². The predicted octanol–water partition coefficient (Wildman–Crippen LogP) is 3.01. The Hall–Kier alpha value is -3.52. The van der Waals surface area contributed by atoms with Crippen molar-refractivity contribution in [3.63, 3.8) is 0 Å². The van der Waals surface area contributed by atoms with Crippen LogP contribution in [-0.4, -0.2) is 25.9 Å². The van der Waals surface area contributed by atoms with Gasteiger partial charge in [-0.25, -0.2) is 13.3 Å². The lowest BCUT2D eigenvalue weighted by atomic mass is 10.1. The highest BCUT2D eigenvalue weighted by Gasteiger charge is 2.18. The third-order valence-electron chi connectivity index (χ3n) is 4.53. The van der Waals surface area contributed by atoms with E-state index >= 15 is 0 Å². The summed E-state index contributed by atoms with van der Waals surface area (Å²) in [4.78, 5) is 12.9. The smallest absolute Gasteiger partial charge is 0.277 e. The number of hydrogen-bond acceptors (Lipinski definition) is 4. The molecule has 2 aromatic heterocycles. The van der Waals surface area contributed by atoms with Crippen molar-refractivity contribution in [1.29, 1.82) is 0 Å². The Kier molecular flexibility index (Phi) is 5.09. The van der Waals surface area contributed by atoms with Gasteiger partial charge in [-0.05, 0) is 36.4 Å². The van der Waals surface area contributed by atoms with Crippen molar-refractivity contribution in [1.82, 2.24) is 14.2 Å². The average Bonchev–Trinajstić information content (AvgIpc) is 3.11. The van der Waals surface area contributed by atoms with Crippen LogP contribution in [-0.2, 0) is 13.2 Å². The van der Waals surface area contributed by atoms with Crippen molar-refractivity contribution in [2.24, 2.45) is 0 Å². The highest BCUT2D eigenvalue weighted by molar-refractivity contribution is 5.72. The second-order valence-electron chi connectivity index (χ2n) is 6.39. The first-order valence-electron chi connectivity index (χ1n) is 8.92. The van der Waals surface area contributed by atoms with Crippen molar-refractivity contribution in [2.75, 3.05) is 6.61 Å². The molecule has 0 fully saturated rings. The molecule has 0 saturated carbocycles. The van der Waals surface area contributed by atoms with Gasteiger partial charge in [-0.15, -0.1) is 0 Å². The van der Waals surface area contributed by atoms with E-state index in [1.54, 1.807) is 24.5 Å². The molecule has 0 aliphatic heterocycles. The summed E-state index contributed by atoms with van der Waals surface area (Å²) in [5.74, 6) is -0.293. The topological polar surface area (TPSA) is 68.8 Å². The fraction of sp³-hybridized carbons (Fsp3) is 0.143. The normalized spacial score (nSPS) is 11.1. The maximum absolute atomic E-state index is 13.6. The SMILES string of the molecule is O=c1c2c(CO)c(-c3cccc(F)c3)nn2ccn1CCOc1ccc(F)cc1. The number of ether oxygens (including phenoxy) is 1. The van der Waals surface area contributed by atoms with Gasteiger partial charge in [0, 0.05) is 23.5 Å². The molecule has 0 bridgehead atoms. The first-order chi connectivity index (χ1) is 14.1. The zero-order chi connectivity index (χ0) is 20.4. The van der Waals surface area contributed by atoms with E-state index in [2.05, 4.69) is 5.10 Å². The minimum absolute atomic E-state index is 0.195. The Morgan fingerprint density at radius 3 is 2.55 bits per heavy atom. The summed E-state index contributed by atoms with van der Waals surface area (Å²) in [5.41, 5.74) is 1.02. The standard InChI is InChI=1S/C21H17F2N3O3/c22-15-4-6-17(7-5-15)29-11-10-25-8-9-26-20(21(25)28)18(13-27)19(24-26)14-2-1-3-16(23)12-14/h1-9,12,27H,10-11,13H2. The lowest BCUT2D eigenvalue weighted by molar-refractivity contribution is 0.283. The average molecular weight is 397 g/mol. The van der Waals surface area contributed by atoms with E-state index in [9.17, 15) is 18.7 Å². The second kappa shape index (κ2) is 7.84. The van der Waals surface area contributed by atoms with Crippen LogP contribution in [0.25, 0.3) is 16.8 Å². The van der Waals surface area contributed by atoms with E-state index in [4.69, 9.17) is 4.74 Å². The predicted molar refractivity (Wildman–Crippen MR) is 103 cm³/mol. The molecule has 8 heteroatoms. The van der Waals surface area contributed by atoms with Crippen molar-refractivity contribution >= 4 is 5.52 Å². The number of nitrogens with zero attached hydrogens (tertiary/aromatic N) is 3. The molecular formula is C21H17F2N3O3. The quantitative estimate of drug-likeness (QED) is 0.543. The molecule has 1 N–H and O–H groups in total. The molecule has 148 valence electrons. The van der Waals surface area contributed by atoms with Gasteiger partial charge < -0.3 is 14.4 Å². The summed E-state index contributed by atoms with van der Waals surface area (Å²) in [7, 11) is 0. The maximum atomic E-state index is 13.6. The Morgan fingerprint density at radius 1 is 1.03 bits per heavy atom.